The first-order valence-corrected chi connectivity index (χ1v) is 6.50. The van der Waals surface area contributed by atoms with Crippen LogP contribution in [0.15, 0.2) is 24.3 Å². The lowest BCUT2D eigenvalue weighted by Gasteiger charge is -2.12. The molecule has 1 N–H and O–H groups in total. The Labute approximate surface area is 122 Å². The van der Waals surface area contributed by atoms with Gasteiger partial charge in [-0.25, -0.2) is 0 Å². The van der Waals surface area contributed by atoms with Gasteiger partial charge < -0.3 is 10.1 Å². The topological polar surface area (TPSA) is 77.3 Å². The fraction of sp³-hybridized carbons (Fsp3) is 0.267. The highest BCUT2D eigenvalue weighted by Crippen LogP contribution is 2.30. The van der Waals surface area contributed by atoms with E-state index in [4.69, 9.17) is 4.74 Å². The van der Waals surface area contributed by atoms with Gasteiger partial charge in [-0.05, 0) is 43.5 Å². The van der Waals surface area contributed by atoms with E-state index < -0.39 is 4.92 Å². The average Bonchev–Trinajstić information content (AvgIpc) is 2.43. The molecule has 2 aromatic rings. The smallest absolute Gasteiger partial charge is 0.278 e. The van der Waals surface area contributed by atoms with Crippen LogP contribution in [0.1, 0.15) is 16.7 Å². The van der Waals surface area contributed by atoms with Gasteiger partial charge >= 0.3 is 0 Å². The number of nitrogens with zero attached hydrogens (tertiary/aromatic N) is 2. The number of rotatable bonds is 4. The number of ether oxygens (including phenoxy) is 1. The lowest BCUT2D eigenvalue weighted by molar-refractivity contribution is -0.384. The lowest BCUT2D eigenvalue weighted by Crippen LogP contribution is -1.99. The van der Waals surface area contributed by atoms with Crippen LogP contribution < -0.4 is 10.1 Å². The Balaban J connectivity index is 2.44. The third-order valence-electron chi connectivity index (χ3n) is 3.23. The van der Waals surface area contributed by atoms with Crippen molar-refractivity contribution in [2.24, 2.45) is 0 Å². The van der Waals surface area contributed by atoms with Gasteiger partial charge in [0, 0.05) is 7.05 Å². The van der Waals surface area contributed by atoms with Gasteiger partial charge in [0.15, 0.2) is 0 Å². The molecular formula is C15H17N3O3. The monoisotopic (exact) mass is 287 g/mol. The average molecular weight is 287 g/mol. The van der Waals surface area contributed by atoms with Gasteiger partial charge in [-0.2, -0.15) is 4.98 Å². The molecule has 0 aliphatic rings. The number of nitrogens with one attached hydrogen (secondary N) is 1. The summed E-state index contributed by atoms with van der Waals surface area (Å²) in [5, 5.41) is 13.7. The number of benzene rings is 1. The zero-order valence-corrected chi connectivity index (χ0v) is 12.4. The first kappa shape index (κ1) is 14.8. The molecule has 1 aromatic carbocycles. The van der Waals surface area contributed by atoms with Crippen molar-refractivity contribution in [3.05, 3.63) is 51.1 Å². The van der Waals surface area contributed by atoms with Crippen LogP contribution >= 0.6 is 0 Å². The molecule has 2 rings (SSSR count). The van der Waals surface area contributed by atoms with Gasteiger partial charge in [-0.15, -0.1) is 0 Å². The summed E-state index contributed by atoms with van der Waals surface area (Å²) >= 11 is 0. The minimum absolute atomic E-state index is 0.0635. The number of nitro groups is 1. The highest BCUT2D eigenvalue weighted by molar-refractivity contribution is 5.50. The number of aromatic nitrogens is 1. The maximum absolute atomic E-state index is 10.9. The second-order valence-electron chi connectivity index (χ2n) is 4.86. The van der Waals surface area contributed by atoms with E-state index in [1.54, 1.807) is 7.05 Å². The van der Waals surface area contributed by atoms with Crippen LogP contribution in [0.3, 0.4) is 0 Å². The number of pyridine rings is 1. The highest BCUT2D eigenvalue weighted by atomic mass is 16.6. The zero-order chi connectivity index (χ0) is 15.6. The van der Waals surface area contributed by atoms with E-state index in [2.05, 4.69) is 16.4 Å². The molecule has 1 aromatic heterocycles. The number of aryl methyl sites for hydroxylation is 2. The van der Waals surface area contributed by atoms with Crippen LogP contribution in [0.25, 0.3) is 0 Å². The summed E-state index contributed by atoms with van der Waals surface area (Å²) in [5.41, 5.74) is 3.09. The maximum atomic E-state index is 10.9. The molecule has 0 aliphatic carbocycles. The van der Waals surface area contributed by atoms with E-state index in [0.717, 1.165) is 16.7 Å². The maximum Gasteiger partial charge on any atom is 0.278 e. The third-order valence-corrected chi connectivity index (χ3v) is 3.23. The summed E-state index contributed by atoms with van der Waals surface area (Å²) in [6, 6.07) is 6.63. The Morgan fingerprint density at radius 3 is 2.52 bits per heavy atom. The van der Waals surface area contributed by atoms with E-state index in [-0.39, 0.29) is 11.6 Å². The van der Waals surface area contributed by atoms with Crippen LogP contribution in [0.2, 0.25) is 0 Å². The Kier molecular flexibility index (Phi) is 4.07. The molecule has 0 amide bonds. The summed E-state index contributed by atoms with van der Waals surface area (Å²) < 4.78 is 5.75. The summed E-state index contributed by atoms with van der Waals surface area (Å²) in [6.45, 7) is 5.91. The Morgan fingerprint density at radius 2 is 1.90 bits per heavy atom. The predicted molar refractivity (Wildman–Crippen MR) is 81.2 cm³/mol. The zero-order valence-electron chi connectivity index (χ0n) is 12.4. The SMILES string of the molecule is CNc1cc([N+](=O)[O-])cc(Oc2cc(C)cc(C)c2C)n1. The molecule has 0 spiro atoms. The van der Waals surface area contributed by atoms with Crippen LogP contribution in [-0.4, -0.2) is 17.0 Å². The fourth-order valence-corrected chi connectivity index (χ4v) is 2.00. The van der Waals surface area contributed by atoms with Crippen LogP contribution in [-0.2, 0) is 0 Å². The molecule has 21 heavy (non-hydrogen) atoms. The van der Waals surface area contributed by atoms with Gasteiger partial charge in [0.25, 0.3) is 5.69 Å². The third kappa shape index (κ3) is 3.28. The number of hydrogen-bond donors (Lipinski definition) is 1. The minimum atomic E-state index is -0.469. The molecule has 6 heteroatoms. The van der Waals surface area contributed by atoms with Gasteiger partial charge in [-0.3, -0.25) is 10.1 Å². The summed E-state index contributed by atoms with van der Waals surface area (Å²) in [6.07, 6.45) is 0. The van der Waals surface area contributed by atoms with Crippen molar-refractivity contribution in [3.63, 3.8) is 0 Å². The van der Waals surface area contributed by atoms with Crippen molar-refractivity contribution < 1.29 is 9.66 Å². The van der Waals surface area contributed by atoms with E-state index in [1.807, 2.05) is 26.8 Å². The molecule has 0 bridgehead atoms. The largest absolute Gasteiger partial charge is 0.438 e. The van der Waals surface area contributed by atoms with Crippen LogP contribution in [0.4, 0.5) is 11.5 Å². The molecule has 0 unspecified atom stereocenters. The van der Waals surface area contributed by atoms with Crippen molar-refractivity contribution in [1.29, 1.82) is 0 Å². The molecule has 0 saturated heterocycles. The molecule has 6 nitrogen and oxygen atoms in total. The summed E-state index contributed by atoms with van der Waals surface area (Å²) in [7, 11) is 1.65. The van der Waals surface area contributed by atoms with Gasteiger partial charge in [-0.1, -0.05) is 6.07 Å². The van der Waals surface area contributed by atoms with Crippen LogP contribution in [0.5, 0.6) is 11.6 Å². The molecule has 0 fully saturated rings. The molecular weight excluding hydrogens is 270 g/mol. The van der Waals surface area contributed by atoms with Gasteiger partial charge in [0.05, 0.1) is 17.1 Å². The first-order valence-electron chi connectivity index (χ1n) is 6.50. The molecule has 1 heterocycles. The van der Waals surface area contributed by atoms with E-state index in [9.17, 15) is 10.1 Å². The fourth-order valence-electron chi connectivity index (χ4n) is 2.00. The molecule has 0 atom stereocenters. The Hall–Kier alpha value is -2.63. The van der Waals surface area contributed by atoms with Crippen molar-refractivity contribution in [3.8, 4) is 11.6 Å². The second kappa shape index (κ2) is 5.78. The van der Waals surface area contributed by atoms with Gasteiger partial charge in [0.1, 0.15) is 11.6 Å². The Morgan fingerprint density at radius 1 is 1.19 bits per heavy atom. The quantitative estimate of drug-likeness (QED) is 0.684. The van der Waals surface area contributed by atoms with Crippen LogP contribution in [0, 0.1) is 30.9 Å². The van der Waals surface area contributed by atoms with Crippen molar-refractivity contribution in [2.75, 3.05) is 12.4 Å². The van der Waals surface area contributed by atoms with E-state index >= 15 is 0 Å². The molecule has 0 aliphatic heterocycles. The van der Waals surface area contributed by atoms with E-state index in [1.165, 1.54) is 12.1 Å². The molecule has 0 saturated carbocycles. The number of anilines is 1. The minimum Gasteiger partial charge on any atom is -0.438 e. The van der Waals surface area contributed by atoms with Crippen molar-refractivity contribution in [1.82, 2.24) is 4.98 Å². The summed E-state index contributed by atoms with van der Waals surface area (Å²) in [5.74, 6) is 1.24. The normalized spacial score (nSPS) is 10.3. The first-order chi connectivity index (χ1) is 9.90. The molecule has 0 radical (unpaired) electrons. The lowest BCUT2D eigenvalue weighted by atomic mass is 10.1. The molecule has 110 valence electrons. The highest BCUT2D eigenvalue weighted by Gasteiger charge is 2.13. The Bertz CT molecular complexity index is 699. The predicted octanol–water partition coefficient (Wildman–Crippen LogP) is 3.75. The van der Waals surface area contributed by atoms with E-state index in [0.29, 0.717) is 11.6 Å². The van der Waals surface area contributed by atoms with Crippen molar-refractivity contribution >= 4 is 11.5 Å². The number of hydrogen-bond acceptors (Lipinski definition) is 5. The van der Waals surface area contributed by atoms with Gasteiger partial charge in [0.2, 0.25) is 5.88 Å². The van der Waals surface area contributed by atoms with Crippen molar-refractivity contribution in [2.45, 2.75) is 20.8 Å². The standard InChI is InChI=1S/C15H17N3O3/c1-9-5-10(2)11(3)13(6-9)21-15-8-12(18(19)20)7-14(16-4)17-15/h5-8H,1-4H3,(H,16,17). The summed E-state index contributed by atoms with van der Waals surface area (Å²) in [4.78, 5) is 14.7. The second-order valence-corrected chi connectivity index (χ2v) is 4.86.